The third kappa shape index (κ3) is 6.30. The minimum Gasteiger partial charge on any atom is -0.503 e. The predicted molar refractivity (Wildman–Crippen MR) is 128 cm³/mol. The fourth-order valence-corrected chi connectivity index (χ4v) is 4.61. The molecule has 0 atom stereocenters. The molecular weight excluding hydrogens is 478 g/mol. The number of rotatable bonds is 11. The van der Waals surface area contributed by atoms with Gasteiger partial charge in [0.05, 0.1) is 30.4 Å². The first-order valence-electron chi connectivity index (χ1n) is 10.6. The number of pyridine rings is 1. The Morgan fingerprint density at radius 1 is 1.09 bits per heavy atom. The van der Waals surface area contributed by atoms with Crippen molar-refractivity contribution < 1.29 is 28.8 Å². The Kier molecular flexibility index (Phi) is 9.24. The standard InChI is InChI=1S/C22H29N5O7S/c1-15-18(23-4)20(31)27(13-22(2,3)14-30)21(32)19(15)25-24-16-5-7-17(8-6-16)35(33,34)26(9-11-28)10-12-29/h5-8,28-31H,9-14H2,1-3H3. The van der Waals surface area contributed by atoms with Crippen molar-refractivity contribution in [3.63, 3.8) is 0 Å². The number of aromatic nitrogens is 1. The van der Waals surface area contributed by atoms with E-state index in [4.69, 9.17) is 16.8 Å². The van der Waals surface area contributed by atoms with Gasteiger partial charge in [0.2, 0.25) is 15.7 Å². The highest BCUT2D eigenvalue weighted by Crippen LogP contribution is 2.36. The zero-order chi connectivity index (χ0) is 26.4. The lowest BCUT2D eigenvalue weighted by molar-refractivity contribution is 0.136. The molecule has 0 radical (unpaired) electrons. The van der Waals surface area contributed by atoms with Gasteiger partial charge in [0.25, 0.3) is 5.56 Å². The highest BCUT2D eigenvalue weighted by atomic mass is 32.2. The van der Waals surface area contributed by atoms with E-state index >= 15 is 0 Å². The van der Waals surface area contributed by atoms with E-state index in [2.05, 4.69) is 15.1 Å². The lowest BCUT2D eigenvalue weighted by Crippen LogP contribution is -2.35. The Balaban J connectivity index is 2.46. The molecule has 35 heavy (non-hydrogen) atoms. The number of aliphatic hydroxyl groups is 3. The summed E-state index contributed by atoms with van der Waals surface area (Å²) in [6.07, 6.45) is 0. The second kappa shape index (κ2) is 11.5. The van der Waals surface area contributed by atoms with Crippen molar-refractivity contribution in [2.75, 3.05) is 32.9 Å². The van der Waals surface area contributed by atoms with Crippen LogP contribution in [0.3, 0.4) is 0 Å². The molecule has 2 aromatic rings. The maximum atomic E-state index is 13.0. The van der Waals surface area contributed by atoms with Crippen LogP contribution in [0.5, 0.6) is 5.88 Å². The molecule has 4 N–H and O–H groups in total. The summed E-state index contributed by atoms with van der Waals surface area (Å²) in [5.74, 6) is -0.521. The summed E-state index contributed by atoms with van der Waals surface area (Å²) >= 11 is 0. The molecule has 12 nitrogen and oxygen atoms in total. The van der Waals surface area contributed by atoms with Gasteiger partial charge in [-0.25, -0.2) is 13.3 Å². The molecule has 2 rings (SSSR count). The summed E-state index contributed by atoms with van der Waals surface area (Å²) in [7, 11) is -3.96. The van der Waals surface area contributed by atoms with Crippen molar-refractivity contribution in [1.29, 1.82) is 0 Å². The number of aromatic hydroxyl groups is 1. The molecule has 190 valence electrons. The molecule has 0 aliphatic carbocycles. The summed E-state index contributed by atoms with van der Waals surface area (Å²) in [6, 6.07) is 5.29. The van der Waals surface area contributed by atoms with Crippen molar-refractivity contribution in [3.05, 3.63) is 51.6 Å². The number of aliphatic hydroxyl groups excluding tert-OH is 3. The molecule has 0 saturated heterocycles. The van der Waals surface area contributed by atoms with E-state index < -0.39 is 40.1 Å². The van der Waals surface area contributed by atoms with Crippen LogP contribution < -0.4 is 5.56 Å². The minimum atomic E-state index is -3.96. The van der Waals surface area contributed by atoms with Crippen LogP contribution in [-0.2, 0) is 16.6 Å². The van der Waals surface area contributed by atoms with Gasteiger partial charge in [-0.2, -0.15) is 9.42 Å². The van der Waals surface area contributed by atoms with Gasteiger partial charge in [-0.15, -0.1) is 5.11 Å². The smallest absolute Gasteiger partial charge is 0.279 e. The number of azo groups is 1. The lowest BCUT2D eigenvalue weighted by Gasteiger charge is -2.24. The maximum Gasteiger partial charge on any atom is 0.279 e. The van der Waals surface area contributed by atoms with Crippen LogP contribution in [0.2, 0.25) is 0 Å². The SMILES string of the molecule is [C-]#[N+]c1c(C)c(N=Nc2ccc(S(=O)(=O)N(CCO)CCO)cc2)c(=O)n(CC(C)(C)CO)c1O. The van der Waals surface area contributed by atoms with Gasteiger partial charge < -0.3 is 20.4 Å². The molecule has 1 heterocycles. The Morgan fingerprint density at radius 3 is 2.14 bits per heavy atom. The Bertz CT molecular complexity index is 1270. The Hall–Kier alpha value is -3.15. The van der Waals surface area contributed by atoms with Crippen molar-refractivity contribution in [2.45, 2.75) is 32.2 Å². The third-order valence-corrected chi connectivity index (χ3v) is 7.10. The normalized spacial score (nSPS) is 12.4. The zero-order valence-electron chi connectivity index (χ0n) is 19.7. The van der Waals surface area contributed by atoms with Crippen LogP contribution in [0.4, 0.5) is 17.1 Å². The second-order valence-corrected chi connectivity index (χ2v) is 10.5. The predicted octanol–water partition coefficient (Wildman–Crippen LogP) is 1.82. The van der Waals surface area contributed by atoms with Crippen LogP contribution in [0.15, 0.2) is 44.2 Å². The van der Waals surface area contributed by atoms with Gasteiger partial charge in [-0.3, -0.25) is 9.36 Å². The fourth-order valence-electron chi connectivity index (χ4n) is 3.19. The van der Waals surface area contributed by atoms with E-state index in [1.807, 2.05) is 0 Å². The fraction of sp³-hybridized carbons (Fsp3) is 0.455. The highest BCUT2D eigenvalue weighted by Gasteiger charge is 2.25. The van der Waals surface area contributed by atoms with Crippen molar-refractivity contribution in [2.24, 2.45) is 15.6 Å². The molecule has 1 aromatic carbocycles. The molecule has 0 aliphatic rings. The number of hydrogen-bond acceptors (Lipinski definition) is 9. The summed E-state index contributed by atoms with van der Waals surface area (Å²) in [4.78, 5) is 16.2. The second-order valence-electron chi connectivity index (χ2n) is 8.52. The average Bonchev–Trinajstić information content (AvgIpc) is 2.82. The van der Waals surface area contributed by atoms with E-state index in [1.54, 1.807) is 13.8 Å². The van der Waals surface area contributed by atoms with Gasteiger partial charge in [-0.05, 0) is 36.8 Å². The first-order valence-corrected chi connectivity index (χ1v) is 12.1. The molecule has 0 unspecified atom stereocenters. The number of benzene rings is 1. The van der Waals surface area contributed by atoms with E-state index in [0.29, 0.717) is 0 Å². The maximum absolute atomic E-state index is 13.0. The largest absolute Gasteiger partial charge is 0.503 e. The third-order valence-electron chi connectivity index (χ3n) is 5.19. The molecule has 1 aromatic heterocycles. The van der Waals surface area contributed by atoms with Crippen LogP contribution in [0, 0.1) is 18.9 Å². The van der Waals surface area contributed by atoms with Crippen LogP contribution in [-0.4, -0.2) is 70.6 Å². The van der Waals surface area contributed by atoms with Gasteiger partial charge in [0, 0.05) is 31.7 Å². The van der Waals surface area contributed by atoms with E-state index in [9.17, 15) is 23.4 Å². The molecule has 0 amide bonds. The molecule has 0 fully saturated rings. The summed E-state index contributed by atoms with van der Waals surface area (Å²) in [6.45, 7) is 10.7. The summed E-state index contributed by atoms with van der Waals surface area (Å²) < 4.78 is 27.3. The lowest BCUT2D eigenvalue weighted by atomic mass is 9.94. The first kappa shape index (κ1) is 28.1. The van der Waals surface area contributed by atoms with Crippen LogP contribution in [0.25, 0.3) is 4.85 Å². The topological polar surface area (TPSA) is 169 Å². The molecule has 0 aliphatic heterocycles. The van der Waals surface area contributed by atoms with Crippen molar-refractivity contribution >= 4 is 27.1 Å². The van der Waals surface area contributed by atoms with Gasteiger partial charge in [-0.1, -0.05) is 13.8 Å². The Morgan fingerprint density at radius 2 is 1.66 bits per heavy atom. The first-order chi connectivity index (χ1) is 16.4. The molecule has 0 saturated carbocycles. The van der Waals surface area contributed by atoms with Crippen molar-refractivity contribution in [3.8, 4) is 5.88 Å². The van der Waals surface area contributed by atoms with Gasteiger partial charge in [0.1, 0.15) is 5.69 Å². The average molecular weight is 508 g/mol. The van der Waals surface area contributed by atoms with Crippen molar-refractivity contribution in [1.82, 2.24) is 8.87 Å². The summed E-state index contributed by atoms with van der Waals surface area (Å²) in [5.41, 5.74) is -1.44. The van der Waals surface area contributed by atoms with Crippen LogP contribution in [0.1, 0.15) is 19.4 Å². The number of nitrogens with zero attached hydrogens (tertiary/aromatic N) is 5. The molecular formula is C22H29N5O7S. The summed E-state index contributed by atoms with van der Waals surface area (Å²) in [5, 5.41) is 46.2. The minimum absolute atomic E-state index is 0.0653. The monoisotopic (exact) mass is 507 g/mol. The quantitative estimate of drug-likeness (QED) is 0.265. The van der Waals surface area contributed by atoms with Gasteiger partial charge >= 0.3 is 0 Å². The van der Waals surface area contributed by atoms with E-state index in [0.717, 1.165) is 8.87 Å². The molecule has 0 spiro atoms. The Labute approximate surface area is 203 Å². The molecule has 13 heteroatoms. The number of hydrogen-bond donors (Lipinski definition) is 4. The van der Waals surface area contributed by atoms with Crippen LogP contribution >= 0.6 is 0 Å². The number of sulfonamides is 1. The van der Waals surface area contributed by atoms with E-state index in [1.165, 1.54) is 31.2 Å². The highest BCUT2D eigenvalue weighted by molar-refractivity contribution is 7.89. The van der Waals surface area contributed by atoms with Gasteiger partial charge in [0.15, 0.2) is 5.88 Å². The van der Waals surface area contributed by atoms with E-state index in [-0.39, 0.29) is 53.8 Å². The zero-order valence-corrected chi connectivity index (χ0v) is 20.5. The molecule has 0 bridgehead atoms.